The van der Waals surface area contributed by atoms with E-state index in [2.05, 4.69) is 32.0 Å². The van der Waals surface area contributed by atoms with Crippen molar-refractivity contribution in [2.45, 2.75) is 39.0 Å². The lowest BCUT2D eigenvalue weighted by Crippen LogP contribution is -2.20. The minimum absolute atomic E-state index is 0.190. The maximum absolute atomic E-state index is 11.7. The fourth-order valence-corrected chi connectivity index (χ4v) is 2.94. The van der Waals surface area contributed by atoms with Crippen molar-refractivity contribution in [2.75, 3.05) is 18.5 Å². The van der Waals surface area contributed by atoms with Crippen LogP contribution in [-0.4, -0.2) is 19.5 Å². The molecule has 1 aromatic rings. The molecule has 1 aliphatic heterocycles. The van der Waals surface area contributed by atoms with Crippen LogP contribution in [0.25, 0.3) is 0 Å². The molecule has 104 valence electrons. The van der Waals surface area contributed by atoms with Gasteiger partial charge < -0.3 is 10.6 Å². The molecule has 0 saturated carbocycles. The van der Waals surface area contributed by atoms with E-state index in [-0.39, 0.29) is 5.91 Å². The number of carbonyl (C=O) groups excluding carboxylic acids is 1. The second-order valence-corrected chi connectivity index (χ2v) is 5.80. The van der Waals surface area contributed by atoms with Crippen LogP contribution >= 0.6 is 0 Å². The highest BCUT2D eigenvalue weighted by atomic mass is 16.2. The van der Waals surface area contributed by atoms with Crippen molar-refractivity contribution >= 4 is 11.6 Å². The molecule has 1 unspecified atom stereocenters. The molecular weight excluding hydrogens is 236 g/mol. The Morgan fingerprint density at radius 1 is 1.37 bits per heavy atom. The van der Waals surface area contributed by atoms with Crippen molar-refractivity contribution in [3.8, 4) is 0 Å². The topological polar surface area (TPSA) is 46.3 Å². The number of likely N-dealkylation sites (N-methyl/N-ethyl adjacent to an activating group) is 1. The Bertz CT molecular complexity index is 468. The molecule has 3 heteroatoms. The molecular formula is C16H24N2O. The van der Waals surface area contributed by atoms with Crippen LogP contribution in [0.1, 0.15) is 43.7 Å². The molecule has 0 spiro atoms. The lowest BCUT2D eigenvalue weighted by atomic mass is 9.84. The minimum Gasteiger partial charge on any atom is -0.330 e. The number of fused-ring (bicyclic) bond motifs is 1. The number of rotatable bonds is 5. The first kappa shape index (κ1) is 14.1. The number of benzene rings is 1. The highest BCUT2D eigenvalue weighted by Gasteiger charge is 2.25. The standard InChI is InChI=1S/C16H24N2O/c1-11(2)14(5-4-8-17)12-6-7-15-13(9-12)10-16(19)18(15)3/h6-7,9,11,14H,4-5,8,10,17H2,1-3H3. The Hall–Kier alpha value is -1.35. The van der Waals surface area contributed by atoms with Gasteiger partial charge in [0.2, 0.25) is 5.91 Å². The molecule has 3 nitrogen and oxygen atoms in total. The Morgan fingerprint density at radius 2 is 2.11 bits per heavy atom. The first-order valence-corrected chi connectivity index (χ1v) is 7.14. The number of amides is 1. The average Bonchev–Trinajstić information content (AvgIpc) is 2.65. The van der Waals surface area contributed by atoms with Gasteiger partial charge in [-0.2, -0.15) is 0 Å². The van der Waals surface area contributed by atoms with E-state index in [1.54, 1.807) is 4.90 Å². The van der Waals surface area contributed by atoms with Crippen molar-refractivity contribution in [2.24, 2.45) is 11.7 Å². The first-order chi connectivity index (χ1) is 9.04. The molecule has 1 aromatic carbocycles. The van der Waals surface area contributed by atoms with Gasteiger partial charge in [-0.3, -0.25) is 4.79 Å². The predicted molar refractivity (Wildman–Crippen MR) is 79.4 cm³/mol. The first-order valence-electron chi connectivity index (χ1n) is 7.14. The normalized spacial score (nSPS) is 16.1. The lowest BCUT2D eigenvalue weighted by molar-refractivity contribution is -0.117. The summed E-state index contributed by atoms with van der Waals surface area (Å²) in [5, 5.41) is 0. The number of nitrogens with zero attached hydrogens (tertiary/aromatic N) is 1. The number of carbonyl (C=O) groups is 1. The van der Waals surface area contributed by atoms with Crippen molar-refractivity contribution in [1.82, 2.24) is 0 Å². The number of hydrogen-bond donors (Lipinski definition) is 1. The van der Waals surface area contributed by atoms with E-state index in [0.29, 0.717) is 18.3 Å². The zero-order valence-corrected chi connectivity index (χ0v) is 12.1. The summed E-state index contributed by atoms with van der Waals surface area (Å²) >= 11 is 0. The van der Waals surface area contributed by atoms with Crippen molar-refractivity contribution in [3.63, 3.8) is 0 Å². The third kappa shape index (κ3) is 2.81. The molecule has 1 aliphatic rings. The van der Waals surface area contributed by atoms with Gasteiger partial charge in [-0.1, -0.05) is 26.0 Å². The van der Waals surface area contributed by atoms with Gasteiger partial charge in [-0.05, 0) is 48.4 Å². The molecule has 19 heavy (non-hydrogen) atoms. The second-order valence-electron chi connectivity index (χ2n) is 5.80. The van der Waals surface area contributed by atoms with Crippen molar-refractivity contribution in [3.05, 3.63) is 29.3 Å². The summed E-state index contributed by atoms with van der Waals surface area (Å²) in [5.74, 6) is 1.32. The fourth-order valence-electron chi connectivity index (χ4n) is 2.94. The van der Waals surface area contributed by atoms with Gasteiger partial charge in [0, 0.05) is 12.7 Å². The van der Waals surface area contributed by atoms with Crippen LogP contribution in [0.3, 0.4) is 0 Å². The van der Waals surface area contributed by atoms with Gasteiger partial charge in [-0.25, -0.2) is 0 Å². The quantitative estimate of drug-likeness (QED) is 0.884. The highest BCUT2D eigenvalue weighted by molar-refractivity contribution is 6.00. The second kappa shape index (κ2) is 5.74. The van der Waals surface area contributed by atoms with E-state index in [1.165, 1.54) is 11.1 Å². The summed E-state index contributed by atoms with van der Waals surface area (Å²) in [6.45, 7) is 5.26. The average molecular weight is 260 g/mol. The van der Waals surface area contributed by atoms with E-state index < -0.39 is 0 Å². The summed E-state index contributed by atoms with van der Waals surface area (Å²) in [6.07, 6.45) is 2.72. The van der Waals surface area contributed by atoms with Crippen LogP contribution < -0.4 is 10.6 Å². The van der Waals surface area contributed by atoms with Gasteiger partial charge in [0.15, 0.2) is 0 Å². The SMILES string of the molecule is CC(C)C(CCCN)c1ccc2c(c1)CC(=O)N2C. The van der Waals surface area contributed by atoms with Crippen LogP contribution in [0.4, 0.5) is 5.69 Å². The maximum Gasteiger partial charge on any atom is 0.231 e. The van der Waals surface area contributed by atoms with E-state index in [4.69, 9.17) is 5.73 Å². The summed E-state index contributed by atoms with van der Waals surface area (Å²) in [7, 11) is 1.85. The molecule has 2 N–H and O–H groups in total. The zero-order valence-electron chi connectivity index (χ0n) is 12.1. The van der Waals surface area contributed by atoms with Crippen LogP contribution in [-0.2, 0) is 11.2 Å². The monoisotopic (exact) mass is 260 g/mol. The maximum atomic E-state index is 11.7. The Kier molecular flexibility index (Phi) is 4.25. The van der Waals surface area contributed by atoms with Crippen molar-refractivity contribution < 1.29 is 4.79 Å². The number of hydrogen-bond acceptors (Lipinski definition) is 2. The Balaban J connectivity index is 2.26. The molecule has 1 amide bonds. The van der Waals surface area contributed by atoms with Gasteiger partial charge in [0.25, 0.3) is 0 Å². The smallest absolute Gasteiger partial charge is 0.231 e. The third-order valence-corrected chi connectivity index (χ3v) is 4.13. The molecule has 0 aromatic heterocycles. The molecule has 0 saturated heterocycles. The number of nitrogens with two attached hydrogens (primary N) is 1. The van der Waals surface area contributed by atoms with Gasteiger partial charge in [0.1, 0.15) is 0 Å². The zero-order chi connectivity index (χ0) is 14.0. The highest BCUT2D eigenvalue weighted by Crippen LogP contribution is 2.34. The summed E-state index contributed by atoms with van der Waals surface area (Å²) < 4.78 is 0. The van der Waals surface area contributed by atoms with Gasteiger partial charge in [0.05, 0.1) is 6.42 Å². The molecule has 1 heterocycles. The lowest BCUT2D eigenvalue weighted by Gasteiger charge is -2.22. The van der Waals surface area contributed by atoms with Crippen LogP contribution in [0, 0.1) is 5.92 Å². The largest absolute Gasteiger partial charge is 0.330 e. The molecule has 0 bridgehead atoms. The molecule has 0 aliphatic carbocycles. The van der Waals surface area contributed by atoms with E-state index in [1.807, 2.05) is 7.05 Å². The Labute approximate surface area is 115 Å². The minimum atomic E-state index is 0.190. The summed E-state index contributed by atoms with van der Waals surface area (Å²) in [6, 6.07) is 6.49. The molecule has 1 atom stereocenters. The molecule has 2 rings (SSSR count). The number of anilines is 1. The van der Waals surface area contributed by atoms with Gasteiger partial charge >= 0.3 is 0 Å². The van der Waals surface area contributed by atoms with Crippen molar-refractivity contribution in [1.29, 1.82) is 0 Å². The summed E-state index contributed by atoms with van der Waals surface area (Å²) in [4.78, 5) is 13.5. The van der Waals surface area contributed by atoms with E-state index >= 15 is 0 Å². The van der Waals surface area contributed by atoms with E-state index in [0.717, 1.165) is 25.1 Å². The van der Waals surface area contributed by atoms with Crippen LogP contribution in [0.15, 0.2) is 18.2 Å². The van der Waals surface area contributed by atoms with Gasteiger partial charge in [-0.15, -0.1) is 0 Å². The van der Waals surface area contributed by atoms with Crippen LogP contribution in [0.5, 0.6) is 0 Å². The Morgan fingerprint density at radius 3 is 2.74 bits per heavy atom. The van der Waals surface area contributed by atoms with E-state index in [9.17, 15) is 4.79 Å². The summed E-state index contributed by atoms with van der Waals surface area (Å²) in [5.41, 5.74) is 9.22. The molecule has 0 fully saturated rings. The fraction of sp³-hybridized carbons (Fsp3) is 0.562. The third-order valence-electron chi connectivity index (χ3n) is 4.13. The molecule has 0 radical (unpaired) electrons. The predicted octanol–water partition coefficient (Wildman–Crippen LogP) is 2.68. The van der Waals surface area contributed by atoms with Crippen LogP contribution in [0.2, 0.25) is 0 Å².